The van der Waals surface area contributed by atoms with Gasteiger partial charge in [-0.15, -0.1) is 0 Å². The molecule has 0 saturated carbocycles. The highest BCUT2D eigenvalue weighted by Gasteiger charge is 2.23. The van der Waals surface area contributed by atoms with Crippen molar-refractivity contribution in [2.24, 2.45) is 11.7 Å². The number of benzene rings is 1. The van der Waals surface area contributed by atoms with E-state index in [4.69, 9.17) is 15.2 Å². The van der Waals surface area contributed by atoms with Crippen LogP contribution in [0, 0.1) is 11.7 Å². The van der Waals surface area contributed by atoms with Gasteiger partial charge in [0, 0.05) is 42.0 Å². The molecule has 2 heterocycles. The Morgan fingerprint density at radius 2 is 2.15 bits per heavy atom. The predicted molar refractivity (Wildman–Crippen MR) is 101 cm³/mol. The topological polar surface area (TPSA) is 69.4 Å². The van der Waals surface area contributed by atoms with E-state index < -0.39 is 0 Å². The summed E-state index contributed by atoms with van der Waals surface area (Å²) in [5.74, 6) is 1.76. The van der Waals surface area contributed by atoms with Crippen LogP contribution in [0.2, 0.25) is 0 Å². The molecule has 3 N–H and O–H groups in total. The SMILES string of the molecule is CCNc1cc2c(cn1)COc1cc(OCC(N)CC(C)C)cc(F)c1-2. The van der Waals surface area contributed by atoms with Crippen LogP contribution in [0.4, 0.5) is 10.2 Å². The van der Waals surface area contributed by atoms with Gasteiger partial charge in [-0.05, 0) is 25.3 Å². The number of aromatic nitrogens is 1. The molecule has 1 atom stereocenters. The fraction of sp³-hybridized carbons (Fsp3) is 0.450. The van der Waals surface area contributed by atoms with E-state index in [0.29, 0.717) is 36.2 Å². The van der Waals surface area contributed by atoms with Gasteiger partial charge in [0.05, 0.1) is 5.56 Å². The molecule has 0 bridgehead atoms. The van der Waals surface area contributed by atoms with Gasteiger partial charge in [-0.3, -0.25) is 0 Å². The second kappa shape index (κ2) is 7.91. The Hall–Kier alpha value is -2.34. The van der Waals surface area contributed by atoms with Crippen LogP contribution in [0.25, 0.3) is 11.1 Å². The van der Waals surface area contributed by atoms with Gasteiger partial charge in [0.2, 0.25) is 0 Å². The smallest absolute Gasteiger partial charge is 0.138 e. The Morgan fingerprint density at radius 3 is 2.88 bits per heavy atom. The minimum Gasteiger partial charge on any atom is -0.492 e. The average molecular weight is 359 g/mol. The van der Waals surface area contributed by atoms with Gasteiger partial charge in [0.1, 0.15) is 36.3 Å². The molecule has 0 saturated heterocycles. The van der Waals surface area contributed by atoms with Gasteiger partial charge in [-0.25, -0.2) is 9.37 Å². The first-order valence-electron chi connectivity index (χ1n) is 9.05. The van der Waals surface area contributed by atoms with Crippen LogP contribution in [-0.2, 0) is 6.61 Å². The molecular formula is C20H26FN3O2. The van der Waals surface area contributed by atoms with E-state index in [1.54, 1.807) is 12.3 Å². The summed E-state index contributed by atoms with van der Waals surface area (Å²) in [7, 11) is 0. The predicted octanol–water partition coefficient (Wildman–Crippen LogP) is 3.96. The summed E-state index contributed by atoms with van der Waals surface area (Å²) >= 11 is 0. The number of nitrogens with two attached hydrogens (primary N) is 1. The molecule has 140 valence electrons. The Balaban J connectivity index is 1.84. The number of nitrogens with zero attached hydrogens (tertiary/aromatic N) is 1. The lowest BCUT2D eigenvalue weighted by atomic mass is 9.98. The van der Waals surface area contributed by atoms with E-state index in [0.717, 1.165) is 29.9 Å². The third-order valence-corrected chi connectivity index (χ3v) is 4.26. The number of halogens is 1. The maximum Gasteiger partial charge on any atom is 0.138 e. The maximum atomic E-state index is 14.8. The molecular weight excluding hydrogens is 333 g/mol. The first-order valence-corrected chi connectivity index (χ1v) is 9.05. The first-order chi connectivity index (χ1) is 12.5. The molecule has 0 fully saturated rings. The normalized spacial score (nSPS) is 13.6. The van der Waals surface area contributed by atoms with Gasteiger partial charge >= 0.3 is 0 Å². The van der Waals surface area contributed by atoms with Crippen LogP contribution in [0.1, 0.15) is 32.8 Å². The van der Waals surface area contributed by atoms with Crippen LogP contribution < -0.4 is 20.5 Å². The second-order valence-corrected chi connectivity index (χ2v) is 7.02. The molecule has 1 aliphatic heterocycles. The maximum absolute atomic E-state index is 14.8. The molecule has 0 aliphatic carbocycles. The second-order valence-electron chi connectivity index (χ2n) is 7.02. The zero-order valence-corrected chi connectivity index (χ0v) is 15.5. The van der Waals surface area contributed by atoms with Crippen LogP contribution in [-0.4, -0.2) is 24.2 Å². The van der Waals surface area contributed by atoms with Crippen LogP contribution in [0.3, 0.4) is 0 Å². The fourth-order valence-corrected chi connectivity index (χ4v) is 3.16. The van der Waals surface area contributed by atoms with Gasteiger partial charge < -0.3 is 20.5 Å². The van der Waals surface area contributed by atoms with Gasteiger partial charge in [-0.2, -0.15) is 0 Å². The quantitative estimate of drug-likeness (QED) is 0.783. The highest BCUT2D eigenvalue weighted by Crippen LogP contribution is 2.42. The van der Waals surface area contributed by atoms with Crippen molar-refractivity contribution in [2.45, 2.75) is 39.8 Å². The summed E-state index contributed by atoms with van der Waals surface area (Å²) in [5, 5.41) is 3.15. The number of ether oxygens (including phenoxy) is 2. The molecule has 3 rings (SSSR count). The lowest BCUT2D eigenvalue weighted by molar-refractivity contribution is 0.264. The van der Waals surface area contributed by atoms with Crippen LogP contribution in [0.15, 0.2) is 24.4 Å². The van der Waals surface area contributed by atoms with E-state index in [1.807, 2.05) is 13.0 Å². The lowest BCUT2D eigenvalue weighted by Gasteiger charge is -2.23. The van der Waals surface area contributed by atoms with Crippen molar-refractivity contribution in [3.63, 3.8) is 0 Å². The molecule has 5 nitrogen and oxygen atoms in total. The van der Waals surface area contributed by atoms with E-state index in [9.17, 15) is 4.39 Å². The lowest BCUT2D eigenvalue weighted by Crippen LogP contribution is -2.29. The zero-order valence-electron chi connectivity index (χ0n) is 15.5. The van der Waals surface area contributed by atoms with Crippen LogP contribution in [0.5, 0.6) is 11.5 Å². The van der Waals surface area contributed by atoms with Crippen molar-refractivity contribution >= 4 is 5.82 Å². The van der Waals surface area contributed by atoms with Gasteiger partial charge in [0.25, 0.3) is 0 Å². The largest absolute Gasteiger partial charge is 0.492 e. The van der Waals surface area contributed by atoms with Crippen molar-refractivity contribution in [1.82, 2.24) is 4.98 Å². The Labute approximate surface area is 153 Å². The van der Waals surface area contributed by atoms with Crippen molar-refractivity contribution in [3.8, 4) is 22.6 Å². The Bertz CT molecular complexity index is 780. The van der Waals surface area contributed by atoms with Gasteiger partial charge in [-0.1, -0.05) is 13.8 Å². The minimum absolute atomic E-state index is 0.0792. The number of hydrogen-bond acceptors (Lipinski definition) is 5. The molecule has 1 aromatic carbocycles. The zero-order chi connectivity index (χ0) is 18.7. The molecule has 1 aromatic heterocycles. The average Bonchev–Trinajstić information content (AvgIpc) is 2.59. The van der Waals surface area contributed by atoms with E-state index >= 15 is 0 Å². The number of pyridine rings is 1. The first kappa shape index (κ1) is 18.5. The summed E-state index contributed by atoms with van der Waals surface area (Å²) in [6, 6.07) is 4.91. The minimum atomic E-state index is -0.371. The molecule has 2 aromatic rings. The number of anilines is 1. The van der Waals surface area contributed by atoms with Crippen molar-refractivity contribution < 1.29 is 13.9 Å². The summed E-state index contributed by atoms with van der Waals surface area (Å²) < 4.78 is 26.3. The van der Waals surface area contributed by atoms with Crippen LogP contribution >= 0.6 is 0 Å². The fourth-order valence-electron chi connectivity index (χ4n) is 3.16. The molecule has 6 heteroatoms. The Morgan fingerprint density at radius 1 is 1.35 bits per heavy atom. The molecule has 26 heavy (non-hydrogen) atoms. The monoisotopic (exact) mass is 359 g/mol. The highest BCUT2D eigenvalue weighted by molar-refractivity contribution is 5.78. The number of nitrogens with one attached hydrogen (secondary N) is 1. The summed E-state index contributed by atoms with van der Waals surface area (Å²) in [6.45, 7) is 7.67. The number of hydrogen-bond donors (Lipinski definition) is 2. The van der Waals surface area contributed by atoms with Crippen molar-refractivity contribution in [2.75, 3.05) is 18.5 Å². The van der Waals surface area contributed by atoms with Crippen molar-refractivity contribution in [3.05, 3.63) is 35.8 Å². The Kier molecular flexibility index (Phi) is 5.61. The van der Waals surface area contributed by atoms with Crippen molar-refractivity contribution in [1.29, 1.82) is 0 Å². The van der Waals surface area contributed by atoms with Gasteiger partial charge in [0.15, 0.2) is 0 Å². The molecule has 0 amide bonds. The molecule has 0 radical (unpaired) electrons. The summed E-state index contributed by atoms with van der Waals surface area (Å²) in [4.78, 5) is 4.32. The van der Waals surface area contributed by atoms with E-state index in [2.05, 4.69) is 24.1 Å². The molecule has 1 aliphatic rings. The third kappa shape index (κ3) is 4.07. The summed E-state index contributed by atoms with van der Waals surface area (Å²) in [5.41, 5.74) is 8.16. The third-order valence-electron chi connectivity index (χ3n) is 4.26. The summed E-state index contributed by atoms with van der Waals surface area (Å²) in [6.07, 6.45) is 2.59. The van der Waals surface area contributed by atoms with E-state index in [1.165, 1.54) is 6.07 Å². The molecule has 0 spiro atoms. The van der Waals surface area contributed by atoms with E-state index in [-0.39, 0.29) is 11.9 Å². The number of fused-ring (bicyclic) bond motifs is 3. The molecule has 1 unspecified atom stereocenters. The highest BCUT2D eigenvalue weighted by atomic mass is 19.1. The number of rotatable bonds is 7. The standard InChI is InChI=1S/C20H26FN3O2/c1-4-23-19-8-16-13(9-24-19)10-26-18-7-15(6-17(21)20(16)18)25-11-14(22)5-12(2)3/h6-9,12,14H,4-5,10-11,22H2,1-3H3,(H,23,24).